The van der Waals surface area contributed by atoms with E-state index in [4.69, 9.17) is 10.5 Å². The summed E-state index contributed by atoms with van der Waals surface area (Å²) >= 11 is 0. The first-order valence-electron chi connectivity index (χ1n) is 10.2. The maximum Gasteiger partial charge on any atom is 0.237 e. The molecule has 1 aliphatic carbocycles. The number of aliphatic hydroxyl groups is 1. The number of ether oxygens (including phenoxy) is 1. The Morgan fingerprint density at radius 2 is 2.15 bits per heavy atom. The number of methoxy groups -OCH3 is 1. The standard InChI is InChI=1S/C21H33N3O3/c1-27-14-18(25)12-23-13-20(26)24-10-9-16-11-17(22)7-8-19(16)21(24)15-5-3-2-4-6-15/h7-8,11,15,18,21,23,25H,2-6,9-10,12-14,22H2,1H3/t18-,21?/m0/s1. The molecule has 150 valence electrons. The first-order valence-corrected chi connectivity index (χ1v) is 10.2. The van der Waals surface area contributed by atoms with E-state index in [1.54, 1.807) is 7.11 Å². The van der Waals surface area contributed by atoms with Crippen molar-refractivity contribution in [2.75, 3.05) is 39.1 Å². The third kappa shape index (κ3) is 5.00. The molecule has 0 aromatic heterocycles. The van der Waals surface area contributed by atoms with Gasteiger partial charge in [-0.15, -0.1) is 0 Å². The topological polar surface area (TPSA) is 87.8 Å². The van der Waals surface area contributed by atoms with E-state index < -0.39 is 6.10 Å². The normalized spacial score (nSPS) is 21.7. The van der Waals surface area contributed by atoms with Gasteiger partial charge >= 0.3 is 0 Å². The first kappa shape index (κ1) is 20.1. The summed E-state index contributed by atoms with van der Waals surface area (Å²) in [5, 5.41) is 12.8. The minimum atomic E-state index is -0.595. The van der Waals surface area contributed by atoms with E-state index in [9.17, 15) is 9.90 Å². The van der Waals surface area contributed by atoms with Crippen molar-refractivity contribution in [3.05, 3.63) is 29.3 Å². The van der Waals surface area contributed by atoms with E-state index in [0.717, 1.165) is 18.7 Å². The number of fused-ring (bicyclic) bond motifs is 1. The number of nitrogen functional groups attached to an aromatic ring is 1. The smallest absolute Gasteiger partial charge is 0.237 e. The average Bonchev–Trinajstić information content (AvgIpc) is 2.67. The van der Waals surface area contributed by atoms with E-state index in [1.165, 1.54) is 43.2 Å². The number of carbonyl (C=O) groups is 1. The van der Waals surface area contributed by atoms with Crippen molar-refractivity contribution >= 4 is 11.6 Å². The van der Waals surface area contributed by atoms with Crippen LogP contribution in [0.4, 0.5) is 5.69 Å². The van der Waals surface area contributed by atoms with Gasteiger partial charge in [-0.2, -0.15) is 0 Å². The second-order valence-corrected chi connectivity index (χ2v) is 7.88. The second-order valence-electron chi connectivity index (χ2n) is 7.88. The zero-order chi connectivity index (χ0) is 19.2. The molecule has 27 heavy (non-hydrogen) atoms. The van der Waals surface area contributed by atoms with Crippen LogP contribution in [-0.2, 0) is 16.0 Å². The lowest BCUT2D eigenvalue weighted by atomic mass is 9.77. The molecule has 0 radical (unpaired) electrons. The lowest BCUT2D eigenvalue weighted by Gasteiger charge is -2.43. The largest absolute Gasteiger partial charge is 0.399 e. The third-order valence-electron chi connectivity index (χ3n) is 5.88. The van der Waals surface area contributed by atoms with Crippen LogP contribution in [0.15, 0.2) is 18.2 Å². The Kier molecular flexibility index (Phi) is 7.10. The van der Waals surface area contributed by atoms with Gasteiger partial charge in [0.25, 0.3) is 0 Å². The fraction of sp³-hybridized carbons (Fsp3) is 0.667. The average molecular weight is 376 g/mol. The summed E-state index contributed by atoms with van der Waals surface area (Å²) in [6.45, 7) is 1.60. The molecular weight excluding hydrogens is 342 g/mol. The fourth-order valence-corrected chi connectivity index (χ4v) is 4.62. The van der Waals surface area contributed by atoms with Crippen molar-refractivity contribution in [1.82, 2.24) is 10.2 Å². The van der Waals surface area contributed by atoms with Crippen LogP contribution in [0.2, 0.25) is 0 Å². The molecule has 2 aliphatic rings. The number of rotatable bonds is 7. The minimum absolute atomic E-state index is 0.109. The Morgan fingerprint density at radius 1 is 1.37 bits per heavy atom. The summed E-state index contributed by atoms with van der Waals surface area (Å²) in [6, 6.07) is 6.31. The van der Waals surface area contributed by atoms with Crippen LogP contribution < -0.4 is 11.1 Å². The molecule has 1 heterocycles. The Balaban J connectivity index is 1.72. The highest BCUT2D eigenvalue weighted by molar-refractivity contribution is 5.79. The molecule has 0 spiro atoms. The molecule has 1 aromatic rings. The molecule has 4 N–H and O–H groups in total. The molecule has 0 bridgehead atoms. The highest BCUT2D eigenvalue weighted by atomic mass is 16.5. The van der Waals surface area contributed by atoms with Crippen molar-refractivity contribution in [2.45, 2.75) is 50.7 Å². The predicted molar refractivity (Wildman–Crippen MR) is 106 cm³/mol. The molecule has 0 saturated heterocycles. The Hall–Kier alpha value is -1.63. The number of benzene rings is 1. The predicted octanol–water partition coefficient (Wildman–Crippen LogP) is 1.87. The highest BCUT2D eigenvalue weighted by Crippen LogP contribution is 2.42. The lowest BCUT2D eigenvalue weighted by Crippen LogP contribution is -2.47. The van der Waals surface area contributed by atoms with E-state index in [-0.39, 0.29) is 25.1 Å². The van der Waals surface area contributed by atoms with Gasteiger partial charge in [-0.25, -0.2) is 0 Å². The maximum atomic E-state index is 13.0. The molecule has 2 atom stereocenters. The lowest BCUT2D eigenvalue weighted by molar-refractivity contribution is -0.135. The molecule has 1 saturated carbocycles. The van der Waals surface area contributed by atoms with Crippen molar-refractivity contribution in [2.24, 2.45) is 5.92 Å². The van der Waals surface area contributed by atoms with Gasteiger partial charge in [0.15, 0.2) is 0 Å². The summed E-state index contributed by atoms with van der Waals surface area (Å²) < 4.78 is 4.93. The Labute approximate surface area is 162 Å². The van der Waals surface area contributed by atoms with Crippen LogP contribution in [0.5, 0.6) is 0 Å². The van der Waals surface area contributed by atoms with Crippen LogP contribution in [0.1, 0.15) is 49.3 Å². The van der Waals surface area contributed by atoms with Gasteiger partial charge in [-0.3, -0.25) is 4.79 Å². The van der Waals surface area contributed by atoms with E-state index >= 15 is 0 Å². The van der Waals surface area contributed by atoms with E-state index in [1.807, 2.05) is 6.07 Å². The van der Waals surface area contributed by atoms with Gasteiger partial charge in [0.1, 0.15) is 0 Å². The molecule has 1 fully saturated rings. The molecule has 1 aliphatic heterocycles. The van der Waals surface area contributed by atoms with Gasteiger partial charge in [0.2, 0.25) is 5.91 Å². The summed E-state index contributed by atoms with van der Waals surface area (Å²) in [5.74, 6) is 0.627. The SMILES string of the molecule is COC[C@@H](O)CNCC(=O)N1CCc2cc(N)ccc2C1C1CCCCC1. The van der Waals surface area contributed by atoms with Crippen molar-refractivity contribution in [3.8, 4) is 0 Å². The van der Waals surface area contributed by atoms with Gasteiger partial charge in [-0.1, -0.05) is 25.3 Å². The van der Waals surface area contributed by atoms with Crippen LogP contribution in [0.3, 0.4) is 0 Å². The summed E-state index contributed by atoms with van der Waals surface area (Å²) in [7, 11) is 1.56. The molecule has 1 unspecified atom stereocenters. The molecule has 3 rings (SSSR count). The molecular formula is C21H33N3O3. The molecule has 1 amide bonds. The number of hydrogen-bond acceptors (Lipinski definition) is 5. The van der Waals surface area contributed by atoms with Gasteiger partial charge in [0.05, 0.1) is 25.3 Å². The van der Waals surface area contributed by atoms with Gasteiger partial charge in [-0.05, 0) is 48.4 Å². The first-order chi connectivity index (χ1) is 13.1. The molecule has 1 aromatic carbocycles. The quantitative estimate of drug-likeness (QED) is 0.633. The van der Waals surface area contributed by atoms with E-state index in [2.05, 4.69) is 22.3 Å². The number of aliphatic hydroxyl groups excluding tert-OH is 1. The second kappa shape index (κ2) is 9.53. The molecule has 6 heteroatoms. The zero-order valence-corrected chi connectivity index (χ0v) is 16.3. The van der Waals surface area contributed by atoms with Crippen LogP contribution >= 0.6 is 0 Å². The zero-order valence-electron chi connectivity index (χ0n) is 16.3. The molecule has 6 nitrogen and oxygen atoms in total. The van der Waals surface area contributed by atoms with Crippen molar-refractivity contribution in [1.29, 1.82) is 0 Å². The Bertz CT molecular complexity index is 631. The maximum absolute atomic E-state index is 13.0. The third-order valence-corrected chi connectivity index (χ3v) is 5.88. The number of nitrogens with one attached hydrogen (secondary N) is 1. The van der Waals surface area contributed by atoms with E-state index in [0.29, 0.717) is 12.5 Å². The number of amides is 1. The van der Waals surface area contributed by atoms with Crippen LogP contribution in [-0.4, -0.2) is 55.4 Å². The summed E-state index contributed by atoms with van der Waals surface area (Å²) in [5.41, 5.74) is 9.35. The fourth-order valence-electron chi connectivity index (χ4n) is 4.62. The number of hydrogen-bond donors (Lipinski definition) is 3. The van der Waals surface area contributed by atoms with Crippen LogP contribution in [0, 0.1) is 5.92 Å². The highest BCUT2D eigenvalue weighted by Gasteiger charge is 2.36. The van der Waals surface area contributed by atoms with Gasteiger partial charge in [0, 0.05) is 25.9 Å². The van der Waals surface area contributed by atoms with Gasteiger partial charge < -0.3 is 25.8 Å². The Morgan fingerprint density at radius 3 is 2.89 bits per heavy atom. The van der Waals surface area contributed by atoms with Crippen molar-refractivity contribution < 1.29 is 14.6 Å². The monoisotopic (exact) mass is 375 g/mol. The minimum Gasteiger partial charge on any atom is -0.399 e. The number of carbonyl (C=O) groups excluding carboxylic acids is 1. The summed E-state index contributed by atoms with van der Waals surface area (Å²) in [6.07, 6.45) is 6.40. The van der Waals surface area contributed by atoms with Crippen LogP contribution in [0.25, 0.3) is 0 Å². The number of anilines is 1. The summed E-state index contributed by atoms with van der Waals surface area (Å²) in [4.78, 5) is 15.1. The number of nitrogens with two attached hydrogens (primary N) is 1. The van der Waals surface area contributed by atoms with Crippen molar-refractivity contribution in [3.63, 3.8) is 0 Å². The number of nitrogens with zero attached hydrogens (tertiary/aromatic N) is 1.